The minimum absolute atomic E-state index is 0.615. The molecule has 58 valence electrons. The van der Waals surface area contributed by atoms with Crippen LogP contribution in [-0.2, 0) is 7.05 Å². The molecule has 0 amide bonds. The molecule has 0 N–H and O–H groups in total. The van der Waals surface area contributed by atoms with E-state index in [4.69, 9.17) is 6.42 Å². The van der Waals surface area contributed by atoms with Crippen molar-refractivity contribution in [3.8, 4) is 12.3 Å². The van der Waals surface area contributed by atoms with Gasteiger partial charge in [0.05, 0.1) is 0 Å². The highest BCUT2D eigenvalue weighted by molar-refractivity contribution is 5.71. The van der Waals surface area contributed by atoms with E-state index in [2.05, 4.69) is 15.9 Å². The molecule has 0 aromatic carbocycles. The number of hydrogen-bond donors (Lipinski definition) is 0. The lowest BCUT2D eigenvalue weighted by Gasteiger charge is -1.91. The van der Waals surface area contributed by atoms with Gasteiger partial charge in [0.15, 0.2) is 11.5 Å². The van der Waals surface area contributed by atoms with Crippen LogP contribution >= 0.6 is 0 Å². The monoisotopic (exact) mass is 157 g/mol. The fourth-order valence-electron chi connectivity index (χ4n) is 1.15. The van der Waals surface area contributed by atoms with Crippen LogP contribution in [0.15, 0.2) is 18.3 Å². The lowest BCUT2D eigenvalue weighted by Crippen LogP contribution is -1.92. The molecule has 0 unspecified atom stereocenters. The van der Waals surface area contributed by atoms with E-state index in [9.17, 15) is 0 Å². The highest BCUT2D eigenvalue weighted by atomic mass is 15.1. The summed E-state index contributed by atoms with van der Waals surface area (Å²) in [4.78, 5) is 8.35. The van der Waals surface area contributed by atoms with E-state index in [-0.39, 0.29) is 0 Å². The van der Waals surface area contributed by atoms with Crippen molar-refractivity contribution in [2.24, 2.45) is 7.05 Å². The van der Waals surface area contributed by atoms with Crippen molar-refractivity contribution >= 4 is 11.2 Å². The minimum atomic E-state index is 0.615. The molecule has 12 heavy (non-hydrogen) atoms. The first kappa shape index (κ1) is 6.86. The van der Waals surface area contributed by atoms with Gasteiger partial charge in [-0.05, 0) is 18.1 Å². The SMILES string of the molecule is C#Cc1nc2cccnc2n1C. The molecule has 0 radical (unpaired) electrons. The van der Waals surface area contributed by atoms with Crippen LogP contribution in [0.25, 0.3) is 11.2 Å². The average Bonchev–Trinajstić information content (AvgIpc) is 2.44. The molecular weight excluding hydrogens is 150 g/mol. The van der Waals surface area contributed by atoms with Gasteiger partial charge < -0.3 is 4.57 Å². The first-order valence-corrected chi connectivity index (χ1v) is 3.57. The second-order valence-electron chi connectivity index (χ2n) is 2.48. The molecule has 2 aromatic rings. The summed E-state index contributed by atoms with van der Waals surface area (Å²) in [5.74, 6) is 3.11. The van der Waals surface area contributed by atoms with E-state index in [0.29, 0.717) is 5.82 Å². The van der Waals surface area contributed by atoms with Crippen LogP contribution in [-0.4, -0.2) is 14.5 Å². The summed E-state index contributed by atoms with van der Waals surface area (Å²) in [5, 5.41) is 0. The number of aryl methyl sites for hydroxylation is 1. The summed E-state index contributed by atoms with van der Waals surface area (Å²) in [6, 6.07) is 3.73. The lowest BCUT2D eigenvalue weighted by atomic mass is 10.4. The highest BCUT2D eigenvalue weighted by Crippen LogP contribution is 2.09. The Hall–Kier alpha value is -1.82. The summed E-state index contributed by atoms with van der Waals surface area (Å²) >= 11 is 0. The van der Waals surface area contributed by atoms with Gasteiger partial charge in [-0.15, -0.1) is 6.42 Å². The second-order valence-corrected chi connectivity index (χ2v) is 2.48. The molecule has 0 saturated heterocycles. The van der Waals surface area contributed by atoms with Crippen LogP contribution in [0.3, 0.4) is 0 Å². The van der Waals surface area contributed by atoms with Gasteiger partial charge in [-0.25, -0.2) is 9.97 Å². The molecule has 0 atom stereocenters. The van der Waals surface area contributed by atoms with E-state index < -0.39 is 0 Å². The molecule has 0 bridgehead atoms. The first-order valence-electron chi connectivity index (χ1n) is 3.57. The van der Waals surface area contributed by atoms with Gasteiger partial charge in [-0.1, -0.05) is 0 Å². The van der Waals surface area contributed by atoms with E-state index in [1.54, 1.807) is 10.8 Å². The summed E-state index contributed by atoms with van der Waals surface area (Å²) < 4.78 is 1.80. The maximum atomic E-state index is 5.25. The zero-order valence-electron chi connectivity index (χ0n) is 6.65. The van der Waals surface area contributed by atoms with Crippen molar-refractivity contribution < 1.29 is 0 Å². The van der Waals surface area contributed by atoms with Crippen LogP contribution in [0.2, 0.25) is 0 Å². The largest absolute Gasteiger partial charge is 0.305 e. The summed E-state index contributed by atoms with van der Waals surface area (Å²) in [6.07, 6.45) is 6.98. The van der Waals surface area contributed by atoms with Crippen molar-refractivity contribution in [3.05, 3.63) is 24.2 Å². The molecule has 3 nitrogen and oxygen atoms in total. The molecule has 3 heteroatoms. The molecule has 0 aliphatic carbocycles. The number of fused-ring (bicyclic) bond motifs is 1. The van der Waals surface area contributed by atoms with E-state index in [0.717, 1.165) is 11.2 Å². The zero-order chi connectivity index (χ0) is 8.55. The van der Waals surface area contributed by atoms with Crippen LogP contribution < -0.4 is 0 Å². The van der Waals surface area contributed by atoms with Gasteiger partial charge in [0.2, 0.25) is 0 Å². The van der Waals surface area contributed by atoms with Gasteiger partial charge in [0, 0.05) is 13.2 Å². The Balaban J connectivity index is 2.90. The van der Waals surface area contributed by atoms with Gasteiger partial charge >= 0.3 is 0 Å². The molecular formula is C9H7N3. The fraction of sp³-hybridized carbons (Fsp3) is 0.111. The number of nitrogens with zero attached hydrogens (tertiary/aromatic N) is 3. The summed E-state index contributed by atoms with van der Waals surface area (Å²) in [7, 11) is 1.86. The third kappa shape index (κ3) is 0.785. The van der Waals surface area contributed by atoms with E-state index >= 15 is 0 Å². The Morgan fingerprint density at radius 3 is 3.08 bits per heavy atom. The molecule has 0 aliphatic rings. The Morgan fingerprint density at radius 2 is 2.42 bits per heavy atom. The topological polar surface area (TPSA) is 30.7 Å². The average molecular weight is 157 g/mol. The molecule has 2 rings (SSSR count). The molecule has 0 aliphatic heterocycles. The Kier molecular flexibility index (Phi) is 1.34. The Labute approximate surface area is 70.1 Å². The molecule has 2 aromatic heterocycles. The second kappa shape index (κ2) is 2.35. The van der Waals surface area contributed by atoms with Gasteiger partial charge in [0.25, 0.3) is 0 Å². The molecule has 0 spiro atoms. The number of terminal acetylenes is 1. The summed E-state index contributed by atoms with van der Waals surface area (Å²) in [5.41, 5.74) is 1.67. The standard InChI is InChI=1S/C9H7N3/c1-3-8-11-7-5-4-6-10-9(7)12(8)2/h1,4-6H,2H3. The highest BCUT2D eigenvalue weighted by Gasteiger charge is 2.03. The number of hydrogen-bond acceptors (Lipinski definition) is 2. The zero-order valence-corrected chi connectivity index (χ0v) is 6.65. The van der Waals surface area contributed by atoms with E-state index in [1.165, 1.54) is 0 Å². The first-order chi connectivity index (χ1) is 5.83. The third-order valence-corrected chi connectivity index (χ3v) is 1.76. The predicted octanol–water partition coefficient (Wildman–Crippen LogP) is 0.950. The van der Waals surface area contributed by atoms with Crippen LogP contribution in [0.4, 0.5) is 0 Å². The Morgan fingerprint density at radius 1 is 1.58 bits per heavy atom. The normalized spacial score (nSPS) is 10.0. The van der Waals surface area contributed by atoms with Crippen molar-refractivity contribution in [3.63, 3.8) is 0 Å². The minimum Gasteiger partial charge on any atom is -0.305 e. The molecule has 0 saturated carbocycles. The summed E-state index contributed by atoms with van der Waals surface area (Å²) in [6.45, 7) is 0. The van der Waals surface area contributed by atoms with Crippen molar-refractivity contribution in [2.45, 2.75) is 0 Å². The van der Waals surface area contributed by atoms with Crippen LogP contribution in [0, 0.1) is 12.3 Å². The third-order valence-electron chi connectivity index (χ3n) is 1.76. The predicted molar refractivity (Wildman–Crippen MR) is 46.4 cm³/mol. The Bertz CT molecular complexity index is 462. The quantitative estimate of drug-likeness (QED) is 0.533. The van der Waals surface area contributed by atoms with Crippen LogP contribution in [0.1, 0.15) is 5.82 Å². The van der Waals surface area contributed by atoms with Crippen LogP contribution in [0.5, 0.6) is 0 Å². The fourth-order valence-corrected chi connectivity index (χ4v) is 1.15. The van der Waals surface area contributed by atoms with Gasteiger partial charge in [0.1, 0.15) is 5.52 Å². The molecule has 0 fully saturated rings. The number of aromatic nitrogens is 3. The van der Waals surface area contributed by atoms with Crippen molar-refractivity contribution in [1.82, 2.24) is 14.5 Å². The number of pyridine rings is 1. The maximum Gasteiger partial charge on any atom is 0.187 e. The van der Waals surface area contributed by atoms with E-state index in [1.807, 2.05) is 19.2 Å². The molecule has 2 heterocycles. The van der Waals surface area contributed by atoms with Crippen molar-refractivity contribution in [1.29, 1.82) is 0 Å². The lowest BCUT2D eigenvalue weighted by molar-refractivity contribution is 0.911. The number of rotatable bonds is 0. The van der Waals surface area contributed by atoms with Gasteiger partial charge in [-0.3, -0.25) is 0 Å². The van der Waals surface area contributed by atoms with Gasteiger partial charge in [-0.2, -0.15) is 0 Å². The number of imidazole rings is 1. The maximum absolute atomic E-state index is 5.25. The van der Waals surface area contributed by atoms with Crippen molar-refractivity contribution in [2.75, 3.05) is 0 Å². The smallest absolute Gasteiger partial charge is 0.187 e.